The second-order valence-corrected chi connectivity index (χ2v) is 9.69. The van der Waals surface area contributed by atoms with Gasteiger partial charge in [0.2, 0.25) is 0 Å². The number of thioether (sulfide) groups is 1. The lowest BCUT2D eigenvalue weighted by Crippen LogP contribution is -2.36. The van der Waals surface area contributed by atoms with Crippen molar-refractivity contribution in [3.63, 3.8) is 0 Å². The fraction of sp³-hybridized carbons (Fsp3) is 0.391. The van der Waals surface area contributed by atoms with Crippen LogP contribution in [0, 0.1) is 24.0 Å². The molecular weight excluding hydrogens is 476 g/mol. The number of amides is 1. The van der Waals surface area contributed by atoms with Crippen molar-refractivity contribution in [2.75, 3.05) is 51.5 Å². The summed E-state index contributed by atoms with van der Waals surface area (Å²) < 4.78 is 12.9. The van der Waals surface area contributed by atoms with E-state index in [2.05, 4.69) is 0 Å². The maximum Gasteiger partial charge on any atom is 0.294 e. The van der Waals surface area contributed by atoms with Crippen molar-refractivity contribution >= 4 is 51.7 Å². The van der Waals surface area contributed by atoms with E-state index in [0.717, 1.165) is 17.0 Å². The highest BCUT2D eigenvalue weighted by Gasteiger charge is 2.32. The third-order valence-corrected chi connectivity index (χ3v) is 7.29. The zero-order chi connectivity index (χ0) is 24.4. The number of rotatable bonds is 7. The number of aromatic nitrogens is 1. The maximum absolute atomic E-state index is 12.8. The molecule has 3 heterocycles. The molecule has 0 atom stereocenters. The van der Waals surface area contributed by atoms with Crippen LogP contribution in [0.4, 0.5) is 11.4 Å². The largest absolute Gasteiger partial charge is 0.383 e. The molecule has 0 spiro atoms. The third kappa shape index (κ3) is 4.74. The number of nitrogens with zero attached hydrogens (tertiary/aromatic N) is 4. The average molecular weight is 503 g/mol. The molecule has 0 aliphatic carbocycles. The Morgan fingerprint density at radius 1 is 1.26 bits per heavy atom. The lowest BCUT2D eigenvalue weighted by Gasteiger charge is -2.28. The molecule has 34 heavy (non-hydrogen) atoms. The van der Waals surface area contributed by atoms with E-state index >= 15 is 0 Å². The highest BCUT2D eigenvalue weighted by Crippen LogP contribution is 2.35. The number of nitro groups is 1. The summed E-state index contributed by atoms with van der Waals surface area (Å²) in [4.78, 5) is 28.4. The zero-order valence-corrected chi connectivity index (χ0v) is 20.9. The monoisotopic (exact) mass is 502 g/mol. The number of hydrogen-bond acceptors (Lipinski definition) is 8. The van der Waals surface area contributed by atoms with Crippen molar-refractivity contribution in [3.8, 4) is 5.69 Å². The molecule has 1 amide bonds. The fourth-order valence-electron chi connectivity index (χ4n) is 4.22. The van der Waals surface area contributed by atoms with Crippen LogP contribution in [-0.2, 0) is 14.3 Å². The number of benzene rings is 1. The normalized spacial score (nSPS) is 17.8. The summed E-state index contributed by atoms with van der Waals surface area (Å²) in [6.07, 6.45) is 1.83. The average Bonchev–Trinajstić information content (AvgIpc) is 3.26. The van der Waals surface area contributed by atoms with Gasteiger partial charge in [0, 0.05) is 37.7 Å². The molecule has 2 saturated heterocycles. The van der Waals surface area contributed by atoms with Gasteiger partial charge in [-0.1, -0.05) is 24.0 Å². The van der Waals surface area contributed by atoms with Gasteiger partial charge in [0.25, 0.3) is 11.6 Å². The van der Waals surface area contributed by atoms with Gasteiger partial charge >= 0.3 is 0 Å². The Balaban J connectivity index is 1.67. The van der Waals surface area contributed by atoms with Gasteiger partial charge in [0.05, 0.1) is 41.9 Å². The van der Waals surface area contributed by atoms with Crippen LogP contribution in [0.2, 0.25) is 0 Å². The van der Waals surface area contributed by atoms with Crippen molar-refractivity contribution < 1.29 is 19.2 Å². The van der Waals surface area contributed by atoms with E-state index in [1.807, 2.05) is 41.5 Å². The first-order valence-electron chi connectivity index (χ1n) is 10.9. The smallest absolute Gasteiger partial charge is 0.294 e. The number of aryl methyl sites for hydroxylation is 1. The summed E-state index contributed by atoms with van der Waals surface area (Å²) in [6, 6.07) is 7.28. The van der Waals surface area contributed by atoms with Gasteiger partial charge in [-0.3, -0.25) is 19.8 Å². The number of nitro benzene ring substituents is 1. The number of thiocarbonyl (C=S) groups is 1. The standard InChI is InChI=1S/C23H26N4O5S2/c1-15-12-17(13-21-22(28)25(8-9-31-3)23(33)34-21)16(2)26(15)18-4-5-19(20(14-18)27(29)30)24-6-10-32-11-7-24/h4-5,12-14H,6-11H2,1-3H3/b21-13-. The van der Waals surface area contributed by atoms with Gasteiger partial charge in [-0.05, 0) is 43.7 Å². The van der Waals surface area contributed by atoms with Gasteiger partial charge < -0.3 is 18.9 Å². The Kier molecular flexibility index (Phi) is 7.36. The minimum Gasteiger partial charge on any atom is -0.383 e. The van der Waals surface area contributed by atoms with E-state index in [1.165, 1.54) is 11.8 Å². The highest BCUT2D eigenvalue weighted by atomic mass is 32.2. The topological polar surface area (TPSA) is 90.1 Å². The zero-order valence-electron chi connectivity index (χ0n) is 19.3. The van der Waals surface area contributed by atoms with Crippen molar-refractivity contribution in [1.29, 1.82) is 0 Å². The molecule has 0 radical (unpaired) electrons. The molecule has 2 fully saturated rings. The Morgan fingerprint density at radius 2 is 2.00 bits per heavy atom. The van der Waals surface area contributed by atoms with Crippen LogP contribution in [-0.4, -0.2) is 71.2 Å². The number of carbonyl (C=O) groups excluding carboxylic acids is 1. The number of hydrogen-bond donors (Lipinski definition) is 0. The first kappa shape index (κ1) is 24.4. The molecule has 11 heteroatoms. The molecule has 1 aromatic heterocycles. The minimum atomic E-state index is -0.339. The molecule has 9 nitrogen and oxygen atoms in total. The van der Waals surface area contributed by atoms with Crippen molar-refractivity contribution in [1.82, 2.24) is 9.47 Å². The molecule has 2 aliphatic heterocycles. The van der Waals surface area contributed by atoms with Crippen LogP contribution in [0.25, 0.3) is 11.8 Å². The first-order chi connectivity index (χ1) is 16.3. The van der Waals surface area contributed by atoms with Crippen LogP contribution in [0.5, 0.6) is 0 Å². The summed E-state index contributed by atoms with van der Waals surface area (Å²) in [5, 5.41) is 11.9. The SMILES string of the molecule is COCCN1C(=O)/C(=C/c2cc(C)n(-c3ccc(N4CCOCC4)c([N+](=O)[O-])c3)c2C)SC1=S. The van der Waals surface area contributed by atoms with E-state index < -0.39 is 0 Å². The summed E-state index contributed by atoms with van der Waals surface area (Å²) in [5.74, 6) is -0.137. The Hall–Kier alpha value is -2.73. The molecule has 2 aromatic rings. The number of methoxy groups -OCH3 is 1. The van der Waals surface area contributed by atoms with Gasteiger partial charge in [0.15, 0.2) is 0 Å². The minimum absolute atomic E-state index is 0.0625. The Morgan fingerprint density at radius 3 is 2.68 bits per heavy atom. The number of anilines is 1. The molecule has 180 valence electrons. The third-order valence-electron chi connectivity index (χ3n) is 5.92. The van der Waals surface area contributed by atoms with E-state index in [-0.39, 0.29) is 16.5 Å². The maximum atomic E-state index is 12.8. The lowest BCUT2D eigenvalue weighted by atomic mass is 10.2. The van der Waals surface area contributed by atoms with E-state index in [1.54, 1.807) is 24.1 Å². The molecule has 0 unspecified atom stereocenters. The van der Waals surface area contributed by atoms with Crippen molar-refractivity contribution in [2.24, 2.45) is 0 Å². The van der Waals surface area contributed by atoms with E-state index in [0.29, 0.717) is 60.1 Å². The molecule has 0 bridgehead atoms. The molecule has 0 N–H and O–H groups in total. The predicted molar refractivity (Wildman–Crippen MR) is 137 cm³/mol. The van der Waals surface area contributed by atoms with Gasteiger partial charge in [-0.15, -0.1) is 0 Å². The van der Waals surface area contributed by atoms with E-state index in [9.17, 15) is 14.9 Å². The second-order valence-electron chi connectivity index (χ2n) is 8.02. The van der Waals surface area contributed by atoms with Crippen LogP contribution in [0.3, 0.4) is 0 Å². The van der Waals surface area contributed by atoms with Gasteiger partial charge in [-0.2, -0.15) is 0 Å². The first-order valence-corrected chi connectivity index (χ1v) is 12.1. The molecule has 2 aliphatic rings. The quantitative estimate of drug-likeness (QED) is 0.245. The van der Waals surface area contributed by atoms with Crippen LogP contribution in [0.15, 0.2) is 29.2 Å². The summed E-state index contributed by atoms with van der Waals surface area (Å²) in [5.41, 5.74) is 4.02. The van der Waals surface area contributed by atoms with Gasteiger partial charge in [-0.25, -0.2) is 0 Å². The highest BCUT2D eigenvalue weighted by molar-refractivity contribution is 8.26. The lowest BCUT2D eigenvalue weighted by molar-refractivity contribution is -0.384. The summed E-state index contributed by atoms with van der Waals surface area (Å²) in [7, 11) is 1.58. The van der Waals surface area contributed by atoms with Crippen LogP contribution < -0.4 is 4.90 Å². The summed E-state index contributed by atoms with van der Waals surface area (Å²) >= 11 is 6.63. The second kappa shape index (κ2) is 10.3. The molecule has 0 saturated carbocycles. The Labute approximate surface area is 207 Å². The molecule has 1 aromatic carbocycles. The van der Waals surface area contributed by atoms with Crippen LogP contribution >= 0.6 is 24.0 Å². The fourth-order valence-corrected chi connectivity index (χ4v) is 5.52. The van der Waals surface area contributed by atoms with Crippen LogP contribution in [0.1, 0.15) is 17.0 Å². The Bertz CT molecular complexity index is 1170. The molecular formula is C23H26N4O5S2. The van der Waals surface area contributed by atoms with Gasteiger partial charge in [0.1, 0.15) is 10.0 Å². The van der Waals surface area contributed by atoms with Crippen molar-refractivity contribution in [2.45, 2.75) is 13.8 Å². The van der Waals surface area contributed by atoms with Crippen molar-refractivity contribution in [3.05, 3.63) is 56.2 Å². The summed E-state index contributed by atoms with van der Waals surface area (Å²) in [6.45, 7) is 7.04. The number of ether oxygens (including phenoxy) is 2. The van der Waals surface area contributed by atoms with E-state index in [4.69, 9.17) is 21.7 Å². The number of morpholine rings is 1. The predicted octanol–water partition coefficient (Wildman–Crippen LogP) is 3.69. The molecule has 4 rings (SSSR count). The number of carbonyl (C=O) groups is 1.